The zero-order chi connectivity index (χ0) is 22.1. The van der Waals surface area contributed by atoms with E-state index >= 15 is 0 Å². The molecule has 162 valence electrons. The predicted molar refractivity (Wildman–Crippen MR) is 121 cm³/mol. The minimum Gasteiger partial charge on any atom is -0.490 e. The second kappa shape index (κ2) is 10.6. The summed E-state index contributed by atoms with van der Waals surface area (Å²) in [5.74, 6) is 0.943. The Bertz CT molecular complexity index is 934. The molecule has 0 aliphatic carbocycles. The van der Waals surface area contributed by atoms with Crippen molar-refractivity contribution in [2.24, 2.45) is 0 Å². The summed E-state index contributed by atoms with van der Waals surface area (Å²) in [5, 5.41) is 14.4. The maximum atomic E-state index is 13.2. The minimum atomic E-state index is -1.77. The molecule has 3 aromatic rings. The van der Waals surface area contributed by atoms with E-state index in [1.807, 2.05) is 68.4 Å². The maximum Gasteiger partial charge on any atom is 0.261 e. The molecule has 5 heteroatoms. The van der Waals surface area contributed by atoms with Crippen molar-refractivity contribution in [2.75, 3.05) is 19.8 Å². The van der Waals surface area contributed by atoms with Crippen molar-refractivity contribution in [3.05, 3.63) is 95.6 Å². The first-order valence-electron chi connectivity index (χ1n) is 10.6. The lowest BCUT2D eigenvalue weighted by molar-refractivity contribution is -0.136. The summed E-state index contributed by atoms with van der Waals surface area (Å²) in [4.78, 5) is 13.2. The molecule has 0 aromatic heterocycles. The lowest BCUT2D eigenvalue weighted by Crippen LogP contribution is -2.46. The molecule has 2 N–H and O–H groups in total. The summed E-state index contributed by atoms with van der Waals surface area (Å²) in [5.41, 5.74) is 0.296. The largest absolute Gasteiger partial charge is 0.490 e. The zero-order valence-corrected chi connectivity index (χ0v) is 18.0. The van der Waals surface area contributed by atoms with Crippen LogP contribution in [0.3, 0.4) is 0 Å². The number of ether oxygens (including phenoxy) is 2. The molecule has 0 fully saturated rings. The Hall–Kier alpha value is -3.31. The van der Waals surface area contributed by atoms with E-state index in [0.29, 0.717) is 48.8 Å². The van der Waals surface area contributed by atoms with Crippen molar-refractivity contribution in [1.82, 2.24) is 5.32 Å². The van der Waals surface area contributed by atoms with E-state index in [-0.39, 0.29) is 0 Å². The van der Waals surface area contributed by atoms with Gasteiger partial charge in [-0.1, -0.05) is 66.7 Å². The Morgan fingerprint density at radius 1 is 0.839 bits per heavy atom. The highest BCUT2D eigenvalue weighted by Gasteiger charge is 2.39. The molecule has 1 amide bonds. The van der Waals surface area contributed by atoms with Gasteiger partial charge in [0, 0.05) is 6.54 Å². The van der Waals surface area contributed by atoms with Crippen LogP contribution in [-0.4, -0.2) is 30.8 Å². The SMILES string of the molecule is CCOc1ccc(CCNC(=O)C(O)(c2ccccc2)c2ccccc2)cc1OCC. The number of hydrogen-bond donors (Lipinski definition) is 2. The zero-order valence-electron chi connectivity index (χ0n) is 18.0. The highest BCUT2D eigenvalue weighted by molar-refractivity contribution is 5.90. The van der Waals surface area contributed by atoms with Crippen LogP contribution >= 0.6 is 0 Å². The molecule has 31 heavy (non-hydrogen) atoms. The Morgan fingerprint density at radius 2 is 1.39 bits per heavy atom. The Morgan fingerprint density at radius 3 is 1.94 bits per heavy atom. The van der Waals surface area contributed by atoms with Crippen LogP contribution in [0.2, 0.25) is 0 Å². The number of carbonyl (C=O) groups is 1. The molecule has 0 heterocycles. The van der Waals surface area contributed by atoms with E-state index in [1.165, 1.54) is 0 Å². The number of nitrogens with one attached hydrogen (secondary N) is 1. The van der Waals surface area contributed by atoms with E-state index in [9.17, 15) is 9.90 Å². The first-order chi connectivity index (χ1) is 15.1. The average Bonchev–Trinajstić information content (AvgIpc) is 2.81. The maximum absolute atomic E-state index is 13.2. The molecule has 5 nitrogen and oxygen atoms in total. The standard InChI is InChI=1S/C26H29NO4/c1-3-30-23-16-15-20(19-24(23)31-4-2)17-18-27-25(28)26(29,21-11-7-5-8-12-21)22-13-9-6-10-14-22/h5-16,19,29H,3-4,17-18H2,1-2H3,(H,27,28). The van der Waals surface area contributed by atoms with Crippen LogP contribution in [0.25, 0.3) is 0 Å². The van der Waals surface area contributed by atoms with Gasteiger partial charge in [0.15, 0.2) is 17.1 Å². The summed E-state index contributed by atoms with van der Waals surface area (Å²) < 4.78 is 11.3. The Labute approximate surface area is 183 Å². The highest BCUT2D eigenvalue weighted by Crippen LogP contribution is 2.30. The van der Waals surface area contributed by atoms with Crippen LogP contribution < -0.4 is 14.8 Å². The molecule has 0 radical (unpaired) electrons. The predicted octanol–water partition coefficient (Wildman–Crippen LogP) is 4.08. The first-order valence-corrected chi connectivity index (χ1v) is 10.6. The van der Waals surface area contributed by atoms with Gasteiger partial charge in [0.05, 0.1) is 13.2 Å². The third-order valence-electron chi connectivity index (χ3n) is 5.02. The van der Waals surface area contributed by atoms with Crippen molar-refractivity contribution in [3.63, 3.8) is 0 Å². The number of amides is 1. The van der Waals surface area contributed by atoms with Gasteiger partial charge in [-0.2, -0.15) is 0 Å². The van der Waals surface area contributed by atoms with Gasteiger partial charge in [-0.05, 0) is 49.1 Å². The third kappa shape index (κ3) is 5.25. The van der Waals surface area contributed by atoms with Crippen molar-refractivity contribution < 1.29 is 19.4 Å². The van der Waals surface area contributed by atoms with E-state index in [0.717, 1.165) is 5.56 Å². The second-order valence-corrected chi connectivity index (χ2v) is 7.10. The van der Waals surface area contributed by atoms with Gasteiger partial charge >= 0.3 is 0 Å². The van der Waals surface area contributed by atoms with Crippen molar-refractivity contribution >= 4 is 5.91 Å². The third-order valence-corrected chi connectivity index (χ3v) is 5.02. The highest BCUT2D eigenvalue weighted by atomic mass is 16.5. The van der Waals surface area contributed by atoms with Crippen LogP contribution in [0.1, 0.15) is 30.5 Å². The Balaban J connectivity index is 1.74. The monoisotopic (exact) mass is 419 g/mol. The van der Waals surface area contributed by atoms with Gasteiger partial charge < -0.3 is 19.9 Å². The van der Waals surface area contributed by atoms with E-state index in [1.54, 1.807) is 24.3 Å². The average molecular weight is 420 g/mol. The van der Waals surface area contributed by atoms with Crippen molar-refractivity contribution in [1.29, 1.82) is 0 Å². The molecule has 0 aliphatic heterocycles. The summed E-state index contributed by atoms with van der Waals surface area (Å²) in [6.07, 6.45) is 0.595. The quantitative estimate of drug-likeness (QED) is 0.520. The molecule has 3 aromatic carbocycles. The summed E-state index contributed by atoms with van der Waals surface area (Å²) >= 11 is 0. The molecule has 0 bridgehead atoms. The molecule has 0 atom stereocenters. The van der Waals surface area contributed by atoms with Crippen molar-refractivity contribution in [2.45, 2.75) is 25.9 Å². The molecule has 0 saturated heterocycles. The van der Waals surface area contributed by atoms with Crippen LogP contribution in [0.5, 0.6) is 11.5 Å². The number of carbonyl (C=O) groups excluding carboxylic acids is 1. The van der Waals surface area contributed by atoms with E-state index < -0.39 is 11.5 Å². The van der Waals surface area contributed by atoms with Crippen LogP contribution in [0, 0.1) is 0 Å². The van der Waals surface area contributed by atoms with Gasteiger partial charge in [-0.3, -0.25) is 4.79 Å². The first kappa shape index (κ1) is 22.4. The minimum absolute atomic E-state index is 0.375. The molecule has 0 aliphatic rings. The van der Waals surface area contributed by atoms with Gasteiger partial charge in [0.2, 0.25) is 0 Å². The molecular weight excluding hydrogens is 390 g/mol. The lowest BCUT2D eigenvalue weighted by Gasteiger charge is -2.28. The van der Waals surface area contributed by atoms with Gasteiger partial charge in [0.1, 0.15) is 0 Å². The van der Waals surface area contributed by atoms with Crippen LogP contribution in [-0.2, 0) is 16.8 Å². The van der Waals surface area contributed by atoms with Crippen molar-refractivity contribution in [3.8, 4) is 11.5 Å². The van der Waals surface area contributed by atoms with E-state index in [4.69, 9.17) is 9.47 Å². The fourth-order valence-corrected chi connectivity index (χ4v) is 3.49. The number of hydrogen-bond acceptors (Lipinski definition) is 4. The van der Waals surface area contributed by atoms with Crippen LogP contribution in [0.4, 0.5) is 0 Å². The Kier molecular flexibility index (Phi) is 7.68. The molecular formula is C26H29NO4. The molecule has 0 saturated carbocycles. The summed E-state index contributed by atoms with van der Waals surface area (Å²) in [7, 11) is 0. The smallest absolute Gasteiger partial charge is 0.261 e. The molecule has 0 spiro atoms. The molecule has 0 unspecified atom stereocenters. The topological polar surface area (TPSA) is 67.8 Å². The molecule has 3 rings (SSSR count). The van der Waals surface area contributed by atoms with Crippen LogP contribution in [0.15, 0.2) is 78.9 Å². The van der Waals surface area contributed by atoms with E-state index in [2.05, 4.69) is 5.32 Å². The summed E-state index contributed by atoms with van der Waals surface area (Å²) in [6, 6.07) is 23.8. The van der Waals surface area contributed by atoms with Gasteiger partial charge in [-0.25, -0.2) is 0 Å². The number of rotatable bonds is 10. The van der Waals surface area contributed by atoms with Gasteiger partial charge in [-0.15, -0.1) is 0 Å². The second-order valence-electron chi connectivity index (χ2n) is 7.10. The fourth-order valence-electron chi connectivity index (χ4n) is 3.49. The summed E-state index contributed by atoms with van der Waals surface area (Å²) in [6.45, 7) is 5.34. The number of aliphatic hydroxyl groups is 1. The fraction of sp³-hybridized carbons (Fsp3) is 0.269. The number of benzene rings is 3. The van der Waals surface area contributed by atoms with Gasteiger partial charge in [0.25, 0.3) is 5.91 Å². The normalized spacial score (nSPS) is 11.1. The lowest BCUT2D eigenvalue weighted by atomic mass is 9.85.